The Balaban J connectivity index is 1.63. The highest BCUT2D eigenvalue weighted by molar-refractivity contribution is 6.31. The summed E-state index contributed by atoms with van der Waals surface area (Å²) >= 11 is 6.41. The molecule has 0 spiro atoms. The lowest BCUT2D eigenvalue weighted by Crippen LogP contribution is -2.31. The van der Waals surface area contributed by atoms with Gasteiger partial charge >= 0.3 is 0 Å². The molecule has 1 saturated heterocycles. The number of hydrogen-bond donors (Lipinski definition) is 3. The number of nitrogens with one attached hydrogen (secondary N) is 3. The Morgan fingerprint density at radius 2 is 2.17 bits per heavy atom. The zero-order valence-corrected chi connectivity index (χ0v) is 18.4. The van der Waals surface area contributed by atoms with Gasteiger partial charge in [-0.3, -0.25) is 10.2 Å². The Hall–Kier alpha value is -2.05. The number of nitrogens with zero attached hydrogens (tertiary/aromatic N) is 1. The molecule has 0 amide bonds. The highest BCUT2D eigenvalue weighted by Gasteiger charge is 2.21. The van der Waals surface area contributed by atoms with E-state index in [-0.39, 0.29) is 11.9 Å². The van der Waals surface area contributed by atoms with E-state index in [2.05, 4.69) is 28.7 Å². The van der Waals surface area contributed by atoms with E-state index < -0.39 is 5.82 Å². The number of allylic oxidation sites excluding steroid dienone is 3. The summed E-state index contributed by atoms with van der Waals surface area (Å²) < 4.78 is 14.9. The van der Waals surface area contributed by atoms with Crippen LogP contribution in [-0.4, -0.2) is 29.9 Å². The van der Waals surface area contributed by atoms with E-state index in [0.29, 0.717) is 22.7 Å². The summed E-state index contributed by atoms with van der Waals surface area (Å²) in [6.07, 6.45) is 13.9. The Bertz CT molecular complexity index is 766. The van der Waals surface area contributed by atoms with Gasteiger partial charge in [0.05, 0.1) is 6.10 Å². The number of hydroxylamine groups is 1. The van der Waals surface area contributed by atoms with Crippen molar-refractivity contribution in [3.63, 3.8) is 0 Å². The molecule has 1 heterocycles. The number of hydrogen-bond acceptors (Lipinski definition) is 4. The van der Waals surface area contributed by atoms with E-state index in [1.54, 1.807) is 6.07 Å². The Morgan fingerprint density at radius 3 is 2.90 bits per heavy atom. The van der Waals surface area contributed by atoms with Crippen LogP contribution in [0.15, 0.2) is 36.2 Å². The van der Waals surface area contributed by atoms with E-state index in [4.69, 9.17) is 21.8 Å². The highest BCUT2D eigenvalue weighted by atomic mass is 35.5. The van der Waals surface area contributed by atoms with Crippen LogP contribution in [0.5, 0.6) is 0 Å². The number of amidine groups is 1. The average Bonchev–Trinajstić information content (AvgIpc) is 3.19. The van der Waals surface area contributed by atoms with Crippen molar-refractivity contribution in [3.8, 4) is 0 Å². The normalized spacial score (nSPS) is 18.9. The van der Waals surface area contributed by atoms with Crippen LogP contribution in [0.2, 0.25) is 5.02 Å². The number of unbranched alkanes of at least 4 members (excludes halogenated alkanes) is 1. The molecule has 1 aromatic rings. The fourth-order valence-electron chi connectivity index (χ4n) is 3.78. The molecule has 0 atom stereocenters. The van der Waals surface area contributed by atoms with Crippen LogP contribution in [0.1, 0.15) is 63.0 Å². The zero-order chi connectivity index (χ0) is 21.3. The molecular weight excluding hydrogens is 403 g/mol. The molecule has 0 bridgehead atoms. The van der Waals surface area contributed by atoms with Gasteiger partial charge in [0.15, 0.2) is 0 Å². The summed E-state index contributed by atoms with van der Waals surface area (Å²) in [5, 5.41) is 11.8. The molecule has 3 N–H and O–H groups in total. The lowest BCUT2D eigenvalue weighted by Gasteiger charge is -2.23. The largest absolute Gasteiger partial charge is 0.370 e. The van der Waals surface area contributed by atoms with Crippen molar-refractivity contribution in [1.82, 2.24) is 15.7 Å². The topological polar surface area (TPSA) is 60.4 Å². The van der Waals surface area contributed by atoms with Crippen LogP contribution >= 0.6 is 11.6 Å². The molecule has 1 saturated carbocycles. The van der Waals surface area contributed by atoms with E-state index in [1.165, 1.54) is 12.5 Å². The van der Waals surface area contributed by atoms with Crippen molar-refractivity contribution >= 4 is 17.4 Å². The van der Waals surface area contributed by atoms with Crippen LogP contribution < -0.4 is 10.8 Å². The molecule has 1 aliphatic carbocycles. The lowest BCUT2D eigenvalue weighted by atomic mass is 9.98. The molecule has 5 nitrogen and oxygen atoms in total. The lowest BCUT2D eigenvalue weighted by molar-refractivity contribution is -0.0106. The monoisotopic (exact) mass is 434 g/mol. The number of rotatable bonds is 8. The van der Waals surface area contributed by atoms with Crippen molar-refractivity contribution in [2.45, 2.75) is 64.5 Å². The predicted octanol–water partition coefficient (Wildman–Crippen LogP) is 5.26. The first kappa shape index (κ1) is 22.6. The summed E-state index contributed by atoms with van der Waals surface area (Å²) in [6, 6.07) is 2.99. The van der Waals surface area contributed by atoms with Gasteiger partial charge < -0.3 is 10.2 Å². The van der Waals surface area contributed by atoms with Gasteiger partial charge in [-0.15, -0.1) is 0 Å². The third-order valence-corrected chi connectivity index (χ3v) is 5.87. The standard InChI is InChI=1S/C23H32ClFN4O/c1-2-3-4-8-11-22-27-12-13-29(22)16-19-20(24)14-17(15-21(19)25)23(26)28-30-18-9-6-5-7-10-18/h4,8,11,14-15,18,27H,2-3,5-7,9-10,12-13,16H2,1H3,(H2,26,28)/b8-4-,22-11+. The SMILES string of the molecule is CCC/C=C\C=C1/NCCN1Cc1c(F)cc(C(=N)NOC2CCCCC2)cc1Cl. The van der Waals surface area contributed by atoms with Crippen LogP contribution in [0.4, 0.5) is 4.39 Å². The molecule has 0 radical (unpaired) electrons. The predicted molar refractivity (Wildman–Crippen MR) is 120 cm³/mol. The maximum Gasteiger partial charge on any atom is 0.149 e. The molecular formula is C23H32ClFN4O. The summed E-state index contributed by atoms with van der Waals surface area (Å²) in [6.45, 7) is 4.13. The van der Waals surface area contributed by atoms with Gasteiger partial charge in [-0.05, 0) is 37.5 Å². The molecule has 3 rings (SSSR count). The number of benzene rings is 1. The van der Waals surface area contributed by atoms with Crippen LogP contribution in [0, 0.1) is 11.2 Å². The summed E-state index contributed by atoms with van der Waals surface area (Å²) in [5.74, 6) is 0.587. The van der Waals surface area contributed by atoms with Crippen molar-refractivity contribution in [1.29, 1.82) is 5.41 Å². The first-order valence-corrected chi connectivity index (χ1v) is 11.3. The van der Waals surface area contributed by atoms with Crippen LogP contribution in [0.25, 0.3) is 0 Å². The van der Waals surface area contributed by atoms with Crippen LogP contribution in [-0.2, 0) is 11.4 Å². The first-order valence-electron chi connectivity index (χ1n) is 10.9. The van der Waals surface area contributed by atoms with E-state index in [1.807, 2.05) is 12.2 Å². The summed E-state index contributed by atoms with van der Waals surface area (Å²) in [7, 11) is 0. The molecule has 7 heteroatoms. The van der Waals surface area contributed by atoms with Gasteiger partial charge in [-0.25, -0.2) is 9.87 Å². The van der Waals surface area contributed by atoms with Crippen molar-refractivity contribution in [3.05, 3.63) is 58.1 Å². The molecule has 1 aromatic carbocycles. The molecule has 30 heavy (non-hydrogen) atoms. The highest BCUT2D eigenvalue weighted by Crippen LogP contribution is 2.26. The van der Waals surface area contributed by atoms with Gasteiger partial charge in [-0.2, -0.15) is 0 Å². The maximum atomic E-state index is 14.9. The molecule has 1 aliphatic heterocycles. The fraction of sp³-hybridized carbons (Fsp3) is 0.522. The van der Waals surface area contributed by atoms with E-state index in [9.17, 15) is 4.39 Å². The second-order valence-electron chi connectivity index (χ2n) is 7.89. The van der Waals surface area contributed by atoms with Gasteiger partial charge in [0.1, 0.15) is 17.5 Å². The van der Waals surface area contributed by atoms with Gasteiger partial charge in [0.25, 0.3) is 0 Å². The fourth-order valence-corrected chi connectivity index (χ4v) is 4.04. The Kier molecular flexibility index (Phi) is 8.58. The first-order chi connectivity index (χ1) is 14.6. The smallest absolute Gasteiger partial charge is 0.149 e. The molecule has 0 unspecified atom stereocenters. The third-order valence-electron chi connectivity index (χ3n) is 5.53. The minimum atomic E-state index is -0.408. The zero-order valence-electron chi connectivity index (χ0n) is 17.6. The Morgan fingerprint density at radius 1 is 1.37 bits per heavy atom. The van der Waals surface area contributed by atoms with Crippen molar-refractivity contribution in [2.24, 2.45) is 0 Å². The minimum Gasteiger partial charge on any atom is -0.370 e. The average molecular weight is 435 g/mol. The second-order valence-corrected chi connectivity index (χ2v) is 8.30. The molecule has 2 aliphatic rings. The molecule has 2 fully saturated rings. The third kappa shape index (κ3) is 6.22. The van der Waals surface area contributed by atoms with Gasteiger partial charge in [0, 0.05) is 35.8 Å². The quantitative estimate of drug-likeness (QED) is 0.296. The van der Waals surface area contributed by atoms with E-state index in [0.717, 1.165) is 57.4 Å². The number of halogens is 2. The second kappa shape index (κ2) is 11.4. The Labute approximate surface area is 183 Å². The van der Waals surface area contributed by atoms with E-state index >= 15 is 0 Å². The maximum absolute atomic E-state index is 14.9. The van der Waals surface area contributed by atoms with Gasteiger partial charge in [0.2, 0.25) is 0 Å². The molecule has 0 aromatic heterocycles. The van der Waals surface area contributed by atoms with Gasteiger partial charge in [-0.1, -0.05) is 56.4 Å². The molecule has 164 valence electrons. The summed E-state index contributed by atoms with van der Waals surface area (Å²) in [4.78, 5) is 7.69. The van der Waals surface area contributed by atoms with Crippen molar-refractivity contribution < 1.29 is 9.23 Å². The summed E-state index contributed by atoms with van der Waals surface area (Å²) in [5.41, 5.74) is 3.50. The van der Waals surface area contributed by atoms with Crippen LogP contribution in [0.3, 0.4) is 0 Å². The minimum absolute atomic E-state index is 0.0254. The van der Waals surface area contributed by atoms with Crippen molar-refractivity contribution in [2.75, 3.05) is 13.1 Å².